The minimum Gasteiger partial charge on any atom is -0.455 e. The van der Waals surface area contributed by atoms with E-state index in [1.165, 1.54) is 24.5 Å². The number of carbonyl (C=O) groups excluding carboxylic acids is 1. The summed E-state index contributed by atoms with van der Waals surface area (Å²) in [7, 11) is 1.52. The van der Waals surface area contributed by atoms with Gasteiger partial charge in [-0.2, -0.15) is 0 Å². The molecule has 2 aromatic heterocycles. The first kappa shape index (κ1) is 18.0. The van der Waals surface area contributed by atoms with Crippen LogP contribution in [-0.4, -0.2) is 18.1 Å². The van der Waals surface area contributed by atoms with Crippen molar-refractivity contribution in [3.05, 3.63) is 50.5 Å². The zero-order valence-corrected chi connectivity index (χ0v) is 15.6. The zero-order valence-electron chi connectivity index (χ0n) is 14.0. The van der Waals surface area contributed by atoms with E-state index in [1.807, 2.05) is 5.38 Å². The Morgan fingerprint density at radius 1 is 1.32 bits per heavy atom. The Kier molecular flexibility index (Phi) is 5.78. The summed E-state index contributed by atoms with van der Waals surface area (Å²) in [6.45, 7) is 2.37. The van der Waals surface area contributed by atoms with E-state index in [0.717, 1.165) is 23.5 Å². The van der Waals surface area contributed by atoms with Gasteiger partial charge in [0.2, 0.25) is 0 Å². The number of benzene rings is 1. The van der Waals surface area contributed by atoms with Crippen molar-refractivity contribution in [2.24, 2.45) is 0 Å². The highest BCUT2D eigenvalue weighted by atomic mass is 32.1. The summed E-state index contributed by atoms with van der Waals surface area (Å²) in [5, 5.41) is 3.37. The van der Waals surface area contributed by atoms with E-state index in [2.05, 4.69) is 11.9 Å². The first-order valence-electron chi connectivity index (χ1n) is 7.93. The minimum atomic E-state index is -0.474. The molecule has 4 nitrogen and oxygen atoms in total. The SMILES string of the molecule is CCCc1nc(COC(=O)c2sc3cccc(F)c3c2COC)cs1. The van der Waals surface area contributed by atoms with Crippen molar-refractivity contribution in [1.82, 2.24) is 4.98 Å². The summed E-state index contributed by atoms with van der Waals surface area (Å²) in [4.78, 5) is 17.3. The van der Waals surface area contributed by atoms with Gasteiger partial charge in [-0.05, 0) is 25.0 Å². The Hall–Kier alpha value is -1.83. The second kappa shape index (κ2) is 8.03. The lowest BCUT2D eigenvalue weighted by atomic mass is 10.1. The van der Waals surface area contributed by atoms with Crippen LogP contribution >= 0.6 is 22.7 Å². The number of methoxy groups -OCH3 is 1. The molecule has 0 bridgehead atoms. The predicted octanol–water partition coefficient (Wildman–Crippen LogP) is 4.95. The minimum absolute atomic E-state index is 0.113. The van der Waals surface area contributed by atoms with Crippen LogP contribution in [0.3, 0.4) is 0 Å². The van der Waals surface area contributed by atoms with Crippen molar-refractivity contribution in [3.8, 4) is 0 Å². The first-order valence-corrected chi connectivity index (χ1v) is 9.62. The molecule has 3 aromatic rings. The molecule has 0 aliphatic rings. The Labute approximate surface area is 153 Å². The Morgan fingerprint density at radius 3 is 2.92 bits per heavy atom. The Balaban J connectivity index is 1.81. The molecule has 0 unspecified atom stereocenters. The van der Waals surface area contributed by atoms with Gasteiger partial charge in [-0.1, -0.05) is 13.0 Å². The lowest BCUT2D eigenvalue weighted by Crippen LogP contribution is -2.07. The second-order valence-corrected chi connectivity index (χ2v) is 7.51. The van der Waals surface area contributed by atoms with Crippen molar-refractivity contribution in [3.63, 3.8) is 0 Å². The van der Waals surface area contributed by atoms with Crippen LogP contribution in [0.15, 0.2) is 23.6 Å². The quantitative estimate of drug-likeness (QED) is 0.545. The lowest BCUT2D eigenvalue weighted by molar-refractivity contribution is 0.0470. The van der Waals surface area contributed by atoms with Gasteiger partial charge in [-0.25, -0.2) is 14.2 Å². The van der Waals surface area contributed by atoms with E-state index >= 15 is 0 Å². The molecule has 0 aliphatic carbocycles. The molecular formula is C18H18FNO3S2. The molecule has 132 valence electrons. The highest BCUT2D eigenvalue weighted by molar-refractivity contribution is 7.21. The number of rotatable bonds is 7. The molecule has 0 spiro atoms. The fourth-order valence-electron chi connectivity index (χ4n) is 2.56. The summed E-state index contributed by atoms with van der Waals surface area (Å²) >= 11 is 2.79. The Bertz CT molecular complexity index is 888. The number of thiophene rings is 1. The average Bonchev–Trinajstić information content (AvgIpc) is 3.19. The van der Waals surface area contributed by atoms with Crippen molar-refractivity contribution in [2.45, 2.75) is 33.0 Å². The number of esters is 1. The number of thiazole rings is 1. The molecule has 7 heteroatoms. The van der Waals surface area contributed by atoms with Crippen LogP contribution < -0.4 is 0 Å². The van der Waals surface area contributed by atoms with Gasteiger partial charge < -0.3 is 9.47 Å². The topological polar surface area (TPSA) is 48.4 Å². The normalized spacial score (nSPS) is 11.2. The summed E-state index contributed by atoms with van der Waals surface area (Å²) in [6.07, 6.45) is 1.95. The summed E-state index contributed by atoms with van der Waals surface area (Å²) in [5.74, 6) is -0.832. The monoisotopic (exact) mass is 379 g/mol. The highest BCUT2D eigenvalue weighted by Crippen LogP contribution is 2.34. The number of nitrogens with zero attached hydrogens (tertiary/aromatic N) is 1. The molecule has 0 fully saturated rings. The molecule has 0 atom stereocenters. The number of aryl methyl sites for hydroxylation is 1. The molecular weight excluding hydrogens is 361 g/mol. The largest absolute Gasteiger partial charge is 0.455 e. The molecule has 0 N–H and O–H groups in total. The predicted molar refractivity (Wildman–Crippen MR) is 97.7 cm³/mol. The van der Waals surface area contributed by atoms with E-state index in [4.69, 9.17) is 9.47 Å². The fraction of sp³-hybridized carbons (Fsp3) is 0.333. The maximum absolute atomic E-state index is 14.2. The number of carbonyl (C=O) groups is 1. The third-order valence-electron chi connectivity index (χ3n) is 3.65. The summed E-state index contributed by atoms with van der Waals surface area (Å²) in [6, 6.07) is 4.80. The highest BCUT2D eigenvalue weighted by Gasteiger charge is 2.22. The maximum Gasteiger partial charge on any atom is 0.349 e. The Morgan fingerprint density at radius 2 is 2.16 bits per heavy atom. The van der Waals surface area contributed by atoms with E-state index in [9.17, 15) is 9.18 Å². The van der Waals surface area contributed by atoms with Crippen LogP contribution in [0.5, 0.6) is 0 Å². The van der Waals surface area contributed by atoms with Crippen LogP contribution in [0, 0.1) is 5.82 Å². The zero-order chi connectivity index (χ0) is 17.8. The summed E-state index contributed by atoms with van der Waals surface area (Å²) < 4.78 is 25.4. The number of halogens is 1. The summed E-state index contributed by atoms with van der Waals surface area (Å²) in [5.41, 5.74) is 1.28. The van der Waals surface area contributed by atoms with Crippen molar-refractivity contribution in [1.29, 1.82) is 0 Å². The number of aromatic nitrogens is 1. The van der Waals surface area contributed by atoms with Gasteiger partial charge >= 0.3 is 5.97 Å². The number of fused-ring (bicyclic) bond motifs is 1. The smallest absolute Gasteiger partial charge is 0.349 e. The molecule has 2 heterocycles. The second-order valence-electron chi connectivity index (χ2n) is 5.51. The van der Waals surface area contributed by atoms with Gasteiger partial charge in [0.1, 0.15) is 17.3 Å². The van der Waals surface area contributed by atoms with Crippen molar-refractivity contribution in [2.75, 3.05) is 7.11 Å². The lowest BCUT2D eigenvalue weighted by Gasteiger charge is -2.05. The number of ether oxygens (including phenoxy) is 2. The van der Waals surface area contributed by atoms with E-state index in [1.54, 1.807) is 23.5 Å². The van der Waals surface area contributed by atoms with E-state index < -0.39 is 5.97 Å². The standard InChI is InChI=1S/C18H18FNO3S2/c1-3-5-15-20-11(10-24-15)8-23-18(21)17-12(9-22-2)16-13(19)6-4-7-14(16)25-17/h4,6-7,10H,3,5,8-9H2,1-2H3. The van der Waals surface area contributed by atoms with Gasteiger partial charge in [0, 0.05) is 28.1 Å². The van der Waals surface area contributed by atoms with Crippen LogP contribution in [0.1, 0.15) is 39.3 Å². The van der Waals surface area contributed by atoms with Gasteiger partial charge in [0.15, 0.2) is 0 Å². The van der Waals surface area contributed by atoms with Gasteiger partial charge in [-0.15, -0.1) is 22.7 Å². The van der Waals surface area contributed by atoms with Crippen LogP contribution in [0.2, 0.25) is 0 Å². The molecule has 1 aromatic carbocycles. The molecule has 0 radical (unpaired) electrons. The average molecular weight is 379 g/mol. The molecule has 0 aliphatic heterocycles. The van der Waals surface area contributed by atoms with Gasteiger partial charge in [0.25, 0.3) is 0 Å². The van der Waals surface area contributed by atoms with Gasteiger partial charge in [0.05, 0.1) is 17.3 Å². The van der Waals surface area contributed by atoms with Gasteiger partial charge in [-0.3, -0.25) is 0 Å². The molecule has 0 saturated carbocycles. The first-order chi connectivity index (χ1) is 12.1. The third-order valence-corrected chi connectivity index (χ3v) is 5.79. The molecule has 25 heavy (non-hydrogen) atoms. The number of hydrogen-bond acceptors (Lipinski definition) is 6. The van der Waals surface area contributed by atoms with Crippen LogP contribution in [0.4, 0.5) is 4.39 Å². The molecule has 3 rings (SSSR count). The fourth-order valence-corrected chi connectivity index (χ4v) is 4.56. The van der Waals surface area contributed by atoms with E-state index in [-0.39, 0.29) is 19.0 Å². The third kappa shape index (κ3) is 3.89. The molecule has 0 saturated heterocycles. The van der Waals surface area contributed by atoms with E-state index in [0.29, 0.717) is 20.5 Å². The maximum atomic E-state index is 14.2. The van der Waals surface area contributed by atoms with Crippen LogP contribution in [-0.2, 0) is 29.1 Å². The van der Waals surface area contributed by atoms with Crippen molar-refractivity contribution >= 4 is 38.7 Å². The molecule has 0 amide bonds. The van der Waals surface area contributed by atoms with Crippen LogP contribution in [0.25, 0.3) is 10.1 Å². The van der Waals surface area contributed by atoms with Crippen molar-refractivity contribution < 1.29 is 18.7 Å². The number of hydrogen-bond donors (Lipinski definition) is 0.